The Balaban J connectivity index is 1.70. The van der Waals surface area contributed by atoms with Crippen LogP contribution in [0.4, 0.5) is 4.79 Å². The first-order valence-corrected chi connectivity index (χ1v) is 8.13. The summed E-state index contributed by atoms with van der Waals surface area (Å²) in [6, 6.07) is 3.38. The highest BCUT2D eigenvalue weighted by Gasteiger charge is 2.32. The Kier molecular flexibility index (Phi) is 4.78. The Morgan fingerprint density at radius 3 is 2.08 bits per heavy atom. The average molecular weight is 347 g/mol. The molecular weight excluding hydrogens is 326 g/mol. The number of benzene rings is 1. The van der Waals surface area contributed by atoms with Crippen molar-refractivity contribution in [1.82, 2.24) is 15.1 Å². The van der Waals surface area contributed by atoms with Gasteiger partial charge in [-0.3, -0.25) is 14.5 Å². The minimum atomic E-state index is -0.508. The van der Waals surface area contributed by atoms with E-state index in [-0.39, 0.29) is 24.9 Å². The fourth-order valence-electron chi connectivity index (χ4n) is 3.15. The van der Waals surface area contributed by atoms with Gasteiger partial charge in [0.25, 0.3) is 5.91 Å². The maximum Gasteiger partial charge on any atom is 0.325 e. The fraction of sp³-hybridized carbons (Fsp3) is 0.471. The Morgan fingerprint density at radius 1 is 1.08 bits per heavy atom. The number of hydrogen-bond acceptors (Lipinski definition) is 5. The molecule has 0 spiro atoms. The number of carbonyl (C=O) groups excluding carboxylic acids is 3. The van der Waals surface area contributed by atoms with E-state index in [0.29, 0.717) is 37.4 Å². The first-order valence-electron chi connectivity index (χ1n) is 8.13. The van der Waals surface area contributed by atoms with Crippen LogP contribution < -0.4 is 14.8 Å². The fourth-order valence-corrected chi connectivity index (χ4v) is 3.15. The van der Waals surface area contributed by atoms with Crippen LogP contribution in [0.1, 0.15) is 11.1 Å². The molecule has 0 radical (unpaired) electrons. The highest BCUT2D eigenvalue weighted by atomic mass is 16.5. The van der Waals surface area contributed by atoms with Crippen LogP contribution in [0.3, 0.4) is 0 Å². The van der Waals surface area contributed by atoms with Gasteiger partial charge < -0.3 is 19.7 Å². The second-order valence-electron chi connectivity index (χ2n) is 6.00. The van der Waals surface area contributed by atoms with E-state index in [1.165, 1.54) is 0 Å². The quantitative estimate of drug-likeness (QED) is 0.785. The number of rotatable bonds is 4. The second-order valence-corrected chi connectivity index (χ2v) is 6.00. The number of urea groups is 1. The predicted octanol–water partition coefficient (Wildman–Crippen LogP) is 0.183. The predicted molar refractivity (Wildman–Crippen MR) is 88.6 cm³/mol. The summed E-state index contributed by atoms with van der Waals surface area (Å²) in [5.74, 6) is 0.740. The lowest BCUT2D eigenvalue weighted by Gasteiger charge is -2.22. The molecule has 8 heteroatoms. The van der Waals surface area contributed by atoms with Crippen LogP contribution >= 0.6 is 0 Å². The summed E-state index contributed by atoms with van der Waals surface area (Å²) in [5, 5.41) is 2.42. The van der Waals surface area contributed by atoms with E-state index >= 15 is 0 Å². The molecule has 0 aliphatic carbocycles. The summed E-state index contributed by atoms with van der Waals surface area (Å²) >= 11 is 0. The van der Waals surface area contributed by atoms with Crippen molar-refractivity contribution in [2.75, 3.05) is 40.4 Å². The van der Waals surface area contributed by atoms with Crippen molar-refractivity contribution in [2.45, 2.75) is 12.8 Å². The van der Waals surface area contributed by atoms with Gasteiger partial charge in [-0.2, -0.15) is 0 Å². The zero-order valence-electron chi connectivity index (χ0n) is 14.3. The minimum Gasteiger partial charge on any atom is -0.493 e. The molecule has 1 fully saturated rings. The third-order valence-electron chi connectivity index (χ3n) is 4.59. The molecule has 3 rings (SSSR count). The van der Waals surface area contributed by atoms with E-state index < -0.39 is 6.03 Å². The third kappa shape index (κ3) is 3.38. The number of methoxy groups -OCH3 is 2. The van der Waals surface area contributed by atoms with Gasteiger partial charge in [0.1, 0.15) is 6.54 Å². The lowest BCUT2D eigenvalue weighted by atomic mass is 10.0. The first kappa shape index (κ1) is 17.1. The van der Waals surface area contributed by atoms with Crippen LogP contribution in [0, 0.1) is 0 Å². The molecule has 0 unspecified atom stereocenters. The molecule has 2 heterocycles. The number of fused-ring (bicyclic) bond motifs is 1. The molecule has 0 bridgehead atoms. The summed E-state index contributed by atoms with van der Waals surface area (Å²) in [6.45, 7) is 0.806. The molecule has 134 valence electrons. The number of amides is 4. The molecule has 2 aliphatic rings. The number of imide groups is 1. The number of nitrogens with one attached hydrogen (secondary N) is 1. The Hall–Kier alpha value is -2.77. The monoisotopic (exact) mass is 347 g/mol. The van der Waals surface area contributed by atoms with Gasteiger partial charge in [0.15, 0.2) is 11.5 Å². The third-order valence-corrected chi connectivity index (χ3v) is 4.59. The van der Waals surface area contributed by atoms with E-state index in [1.54, 1.807) is 19.1 Å². The zero-order valence-corrected chi connectivity index (χ0v) is 14.3. The number of nitrogens with zero attached hydrogens (tertiary/aromatic N) is 2. The molecule has 2 aliphatic heterocycles. The van der Waals surface area contributed by atoms with Crippen LogP contribution in [0.15, 0.2) is 12.1 Å². The summed E-state index contributed by atoms with van der Waals surface area (Å²) in [4.78, 5) is 38.4. The molecule has 4 amide bonds. The van der Waals surface area contributed by atoms with E-state index in [4.69, 9.17) is 9.47 Å². The largest absolute Gasteiger partial charge is 0.493 e. The molecule has 1 saturated heterocycles. The van der Waals surface area contributed by atoms with Gasteiger partial charge in [0.05, 0.1) is 20.8 Å². The van der Waals surface area contributed by atoms with Gasteiger partial charge >= 0.3 is 6.03 Å². The zero-order chi connectivity index (χ0) is 18.0. The molecule has 8 nitrogen and oxygen atoms in total. The van der Waals surface area contributed by atoms with Gasteiger partial charge in [-0.15, -0.1) is 0 Å². The molecular formula is C17H21N3O5. The topological polar surface area (TPSA) is 88.2 Å². The Bertz CT molecular complexity index is 667. The van der Waals surface area contributed by atoms with Crippen molar-refractivity contribution in [1.29, 1.82) is 0 Å². The standard InChI is InChI=1S/C17H21N3O5/c1-24-13-7-11-3-5-19(6-4-12(11)8-14(13)25-2)16(22)10-20-15(21)9-18-17(20)23/h7-8H,3-6,9-10H2,1-2H3,(H,18,23). The van der Waals surface area contributed by atoms with Crippen molar-refractivity contribution in [3.05, 3.63) is 23.3 Å². The van der Waals surface area contributed by atoms with E-state index in [9.17, 15) is 14.4 Å². The maximum absolute atomic E-state index is 12.5. The molecule has 0 aromatic heterocycles. The summed E-state index contributed by atoms with van der Waals surface area (Å²) in [7, 11) is 3.18. The van der Waals surface area contributed by atoms with Crippen molar-refractivity contribution in [3.8, 4) is 11.5 Å². The number of hydrogen-bond donors (Lipinski definition) is 1. The molecule has 1 N–H and O–H groups in total. The number of carbonyl (C=O) groups is 3. The summed E-state index contributed by atoms with van der Waals surface area (Å²) < 4.78 is 10.7. The lowest BCUT2D eigenvalue weighted by molar-refractivity contribution is -0.136. The Morgan fingerprint density at radius 2 is 1.64 bits per heavy atom. The average Bonchev–Trinajstić information content (AvgIpc) is 2.83. The molecule has 0 atom stereocenters. The van der Waals surface area contributed by atoms with Crippen LogP contribution in [0.5, 0.6) is 11.5 Å². The van der Waals surface area contributed by atoms with Crippen molar-refractivity contribution >= 4 is 17.8 Å². The van der Waals surface area contributed by atoms with Crippen molar-refractivity contribution < 1.29 is 23.9 Å². The highest BCUT2D eigenvalue weighted by molar-refractivity contribution is 6.04. The first-order chi connectivity index (χ1) is 12.0. The molecule has 1 aromatic carbocycles. The van der Waals surface area contributed by atoms with Gasteiger partial charge in [-0.25, -0.2) is 4.79 Å². The van der Waals surface area contributed by atoms with Gasteiger partial charge in [0, 0.05) is 13.1 Å². The van der Waals surface area contributed by atoms with E-state index in [0.717, 1.165) is 16.0 Å². The Labute approximate surface area is 145 Å². The minimum absolute atomic E-state index is 0.0445. The second kappa shape index (κ2) is 7.00. The van der Waals surface area contributed by atoms with Crippen LogP contribution in [-0.4, -0.2) is 68.0 Å². The summed E-state index contributed by atoms with van der Waals surface area (Å²) in [6.07, 6.45) is 1.36. The number of ether oxygens (including phenoxy) is 2. The van der Waals surface area contributed by atoms with Gasteiger partial charge in [0.2, 0.25) is 5.91 Å². The summed E-state index contributed by atoms with van der Waals surface area (Å²) in [5.41, 5.74) is 2.23. The molecule has 1 aromatic rings. The molecule has 0 saturated carbocycles. The molecule has 25 heavy (non-hydrogen) atoms. The van der Waals surface area contributed by atoms with Crippen molar-refractivity contribution in [2.24, 2.45) is 0 Å². The lowest BCUT2D eigenvalue weighted by Crippen LogP contribution is -2.44. The smallest absolute Gasteiger partial charge is 0.325 e. The van der Waals surface area contributed by atoms with Crippen LogP contribution in [0.2, 0.25) is 0 Å². The van der Waals surface area contributed by atoms with Gasteiger partial charge in [-0.1, -0.05) is 0 Å². The normalized spacial score (nSPS) is 17.0. The van der Waals surface area contributed by atoms with Crippen LogP contribution in [0.25, 0.3) is 0 Å². The SMILES string of the molecule is COc1cc2c(cc1OC)CCN(C(=O)CN1C(=O)CNC1=O)CC2. The highest BCUT2D eigenvalue weighted by Crippen LogP contribution is 2.32. The van der Waals surface area contributed by atoms with Gasteiger partial charge in [-0.05, 0) is 36.1 Å². The van der Waals surface area contributed by atoms with E-state index in [1.807, 2.05) is 12.1 Å². The maximum atomic E-state index is 12.5. The van der Waals surface area contributed by atoms with Crippen LogP contribution in [-0.2, 0) is 22.4 Å². The van der Waals surface area contributed by atoms with Crippen molar-refractivity contribution in [3.63, 3.8) is 0 Å². The van der Waals surface area contributed by atoms with E-state index in [2.05, 4.69) is 5.32 Å².